The molecule has 0 aliphatic carbocycles. The van der Waals surface area contributed by atoms with Crippen molar-refractivity contribution < 1.29 is 12.8 Å². The summed E-state index contributed by atoms with van der Waals surface area (Å²) in [5, 5.41) is 0. The molecule has 1 aromatic carbocycles. The smallest absolute Gasteiger partial charge is 0.207 e. The molecule has 0 saturated heterocycles. The van der Waals surface area contributed by atoms with Crippen molar-refractivity contribution in [1.29, 1.82) is 0 Å². The third-order valence-electron chi connectivity index (χ3n) is 2.45. The third kappa shape index (κ3) is 3.99. The highest BCUT2D eigenvalue weighted by atomic mass is 79.9. The Labute approximate surface area is 151 Å². The topological polar surface area (TPSA) is 46.2 Å². The standard InChI is InChI=1S/C11H6Br2Cl2FNO2S2/c12-6-3-5(1-2-7(6)16)4-17-21(18,19)9-8(13)10(14)20-11(9)15/h1-3,17H,4H2. The van der Waals surface area contributed by atoms with Crippen LogP contribution in [-0.4, -0.2) is 8.42 Å². The molecule has 10 heteroatoms. The van der Waals surface area contributed by atoms with Gasteiger partial charge in [-0.3, -0.25) is 0 Å². The number of nitrogens with one attached hydrogen (secondary N) is 1. The van der Waals surface area contributed by atoms with E-state index < -0.39 is 15.8 Å². The molecule has 21 heavy (non-hydrogen) atoms. The van der Waals surface area contributed by atoms with Crippen LogP contribution in [0.3, 0.4) is 0 Å². The number of thiophene rings is 1. The zero-order valence-electron chi connectivity index (χ0n) is 9.96. The lowest BCUT2D eigenvalue weighted by molar-refractivity contribution is 0.581. The van der Waals surface area contributed by atoms with Crippen LogP contribution in [0.25, 0.3) is 0 Å². The Bertz CT molecular complexity index is 796. The summed E-state index contributed by atoms with van der Waals surface area (Å²) in [5.41, 5.74) is 0.598. The average Bonchev–Trinajstić information content (AvgIpc) is 2.65. The molecule has 1 heterocycles. The maximum absolute atomic E-state index is 13.1. The molecule has 2 aromatic rings. The molecule has 0 bridgehead atoms. The minimum absolute atomic E-state index is 0.00253. The summed E-state index contributed by atoms with van der Waals surface area (Å²) in [7, 11) is -3.83. The molecule has 0 fully saturated rings. The second-order valence-electron chi connectivity index (χ2n) is 3.87. The van der Waals surface area contributed by atoms with Crippen LogP contribution >= 0.6 is 66.4 Å². The van der Waals surface area contributed by atoms with Crippen LogP contribution in [0.2, 0.25) is 8.67 Å². The predicted octanol–water partition coefficient (Wildman–Crippen LogP) is 5.20. The van der Waals surface area contributed by atoms with Crippen LogP contribution in [0, 0.1) is 5.82 Å². The van der Waals surface area contributed by atoms with Gasteiger partial charge in [-0.05, 0) is 49.6 Å². The molecule has 2 rings (SSSR count). The number of hydrogen-bond acceptors (Lipinski definition) is 3. The lowest BCUT2D eigenvalue weighted by Gasteiger charge is -2.07. The lowest BCUT2D eigenvalue weighted by atomic mass is 10.2. The Balaban J connectivity index is 2.24. The average molecular weight is 498 g/mol. The molecule has 1 N–H and O–H groups in total. The summed E-state index contributed by atoms with van der Waals surface area (Å²) < 4.78 is 40.8. The van der Waals surface area contributed by atoms with E-state index in [4.69, 9.17) is 23.2 Å². The predicted molar refractivity (Wildman–Crippen MR) is 90.2 cm³/mol. The first kappa shape index (κ1) is 17.7. The summed E-state index contributed by atoms with van der Waals surface area (Å²) in [4.78, 5) is -0.0969. The SMILES string of the molecule is O=S(=O)(NCc1ccc(F)c(Br)c1)c1c(Cl)sc(Cl)c1Br. The molecule has 0 saturated carbocycles. The van der Waals surface area contributed by atoms with Gasteiger partial charge in [0.25, 0.3) is 0 Å². The molecule has 0 radical (unpaired) electrons. The molecule has 0 atom stereocenters. The van der Waals surface area contributed by atoms with Crippen molar-refractivity contribution in [2.75, 3.05) is 0 Å². The first-order valence-corrected chi connectivity index (χ1v) is 9.93. The van der Waals surface area contributed by atoms with Crippen LogP contribution in [0.4, 0.5) is 4.39 Å². The van der Waals surface area contributed by atoms with E-state index in [0.29, 0.717) is 5.56 Å². The summed E-state index contributed by atoms with van der Waals surface area (Å²) in [6, 6.07) is 4.23. The van der Waals surface area contributed by atoms with Crippen LogP contribution in [0.1, 0.15) is 5.56 Å². The van der Waals surface area contributed by atoms with Crippen molar-refractivity contribution in [2.24, 2.45) is 0 Å². The van der Waals surface area contributed by atoms with Crippen molar-refractivity contribution in [3.8, 4) is 0 Å². The largest absolute Gasteiger partial charge is 0.244 e. The fourth-order valence-corrected chi connectivity index (χ4v) is 6.46. The van der Waals surface area contributed by atoms with E-state index in [0.717, 1.165) is 11.3 Å². The zero-order chi connectivity index (χ0) is 15.8. The monoisotopic (exact) mass is 495 g/mol. The van der Waals surface area contributed by atoms with Crippen molar-refractivity contribution >= 4 is 76.4 Å². The van der Waals surface area contributed by atoms with Gasteiger partial charge in [-0.25, -0.2) is 17.5 Å². The molecule has 0 spiro atoms. The molecule has 3 nitrogen and oxygen atoms in total. The van der Waals surface area contributed by atoms with Crippen LogP contribution < -0.4 is 4.72 Å². The quantitative estimate of drug-likeness (QED) is 0.631. The fraction of sp³-hybridized carbons (Fsp3) is 0.0909. The Morgan fingerprint density at radius 3 is 2.43 bits per heavy atom. The van der Waals surface area contributed by atoms with Gasteiger partial charge in [-0.2, -0.15) is 0 Å². The minimum atomic E-state index is -3.83. The summed E-state index contributed by atoms with van der Waals surface area (Å²) in [6.45, 7) is -0.00253. The maximum Gasteiger partial charge on any atom is 0.244 e. The van der Waals surface area contributed by atoms with Gasteiger partial charge in [0.2, 0.25) is 10.0 Å². The minimum Gasteiger partial charge on any atom is -0.207 e. The number of hydrogen-bond donors (Lipinski definition) is 1. The van der Waals surface area contributed by atoms with Crippen LogP contribution in [-0.2, 0) is 16.6 Å². The molecule has 0 unspecified atom stereocenters. The van der Waals surface area contributed by atoms with Gasteiger partial charge in [0, 0.05) is 6.54 Å². The van der Waals surface area contributed by atoms with Gasteiger partial charge in [-0.15, -0.1) is 11.3 Å². The Hall–Kier alpha value is 0.300. The van der Waals surface area contributed by atoms with Crippen molar-refractivity contribution in [3.63, 3.8) is 0 Å². The van der Waals surface area contributed by atoms with Crippen LogP contribution in [0.5, 0.6) is 0 Å². The van der Waals surface area contributed by atoms with E-state index in [1.54, 1.807) is 0 Å². The van der Waals surface area contributed by atoms with Crippen molar-refractivity contribution in [1.82, 2.24) is 4.72 Å². The van der Waals surface area contributed by atoms with Gasteiger partial charge in [-0.1, -0.05) is 29.3 Å². The second-order valence-corrected chi connectivity index (χ2v) is 9.44. The highest BCUT2D eigenvalue weighted by molar-refractivity contribution is 9.10. The normalized spacial score (nSPS) is 11.9. The molecule has 1 aromatic heterocycles. The van der Waals surface area contributed by atoms with E-state index in [-0.39, 0.29) is 29.1 Å². The molecular formula is C11H6Br2Cl2FNO2S2. The molecule has 0 aliphatic heterocycles. The number of rotatable bonds is 4. The Morgan fingerprint density at radius 2 is 1.90 bits per heavy atom. The summed E-state index contributed by atoms with van der Waals surface area (Å²) in [5.74, 6) is -0.419. The molecule has 0 amide bonds. The summed E-state index contributed by atoms with van der Waals surface area (Å²) in [6.07, 6.45) is 0. The lowest BCUT2D eigenvalue weighted by Crippen LogP contribution is -2.23. The molecule has 114 valence electrons. The second kappa shape index (κ2) is 6.82. The number of benzene rings is 1. The molecule has 0 aliphatic rings. The summed E-state index contributed by atoms with van der Waals surface area (Å²) >= 11 is 18.8. The Kier molecular flexibility index (Phi) is 5.73. The van der Waals surface area contributed by atoms with Crippen LogP contribution in [0.15, 0.2) is 32.0 Å². The molecular weight excluding hydrogens is 492 g/mol. The van der Waals surface area contributed by atoms with Gasteiger partial charge in [0.15, 0.2) is 0 Å². The first-order valence-electron chi connectivity index (χ1n) is 5.29. The van der Waals surface area contributed by atoms with Gasteiger partial charge < -0.3 is 0 Å². The zero-order valence-corrected chi connectivity index (χ0v) is 16.3. The van der Waals surface area contributed by atoms with E-state index in [1.807, 2.05) is 0 Å². The number of sulfonamides is 1. The Morgan fingerprint density at radius 1 is 1.24 bits per heavy atom. The first-order chi connectivity index (χ1) is 9.72. The third-order valence-corrected chi connectivity index (χ3v) is 7.92. The highest BCUT2D eigenvalue weighted by Crippen LogP contribution is 2.42. The van der Waals surface area contributed by atoms with Crippen molar-refractivity contribution in [2.45, 2.75) is 11.4 Å². The van der Waals surface area contributed by atoms with E-state index in [1.165, 1.54) is 18.2 Å². The van der Waals surface area contributed by atoms with Gasteiger partial charge in [0.05, 0.1) is 8.95 Å². The van der Waals surface area contributed by atoms with E-state index >= 15 is 0 Å². The van der Waals surface area contributed by atoms with Gasteiger partial charge >= 0.3 is 0 Å². The number of halogens is 5. The highest BCUT2D eigenvalue weighted by Gasteiger charge is 2.26. The maximum atomic E-state index is 13.1. The van der Waals surface area contributed by atoms with E-state index in [9.17, 15) is 12.8 Å². The van der Waals surface area contributed by atoms with Gasteiger partial charge in [0.1, 0.15) is 19.4 Å². The van der Waals surface area contributed by atoms with E-state index in [2.05, 4.69) is 36.6 Å². The van der Waals surface area contributed by atoms with Crippen molar-refractivity contribution in [3.05, 3.63) is 47.2 Å². The fourth-order valence-electron chi connectivity index (χ4n) is 1.47.